The summed E-state index contributed by atoms with van der Waals surface area (Å²) in [7, 11) is 0. The zero-order valence-corrected chi connectivity index (χ0v) is 13.2. The number of aromatic nitrogens is 1. The highest BCUT2D eigenvalue weighted by molar-refractivity contribution is 5.28. The normalized spacial score (nSPS) is 18.5. The Kier molecular flexibility index (Phi) is 5.07. The molecule has 116 valence electrons. The molecule has 2 heterocycles. The van der Waals surface area contributed by atoms with Gasteiger partial charge in [-0.05, 0) is 50.0 Å². The third kappa shape index (κ3) is 3.66. The van der Waals surface area contributed by atoms with Crippen molar-refractivity contribution >= 4 is 0 Å². The Morgan fingerprint density at radius 2 is 2.05 bits per heavy atom. The number of nitrogens with zero attached hydrogens (tertiary/aromatic N) is 2. The van der Waals surface area contributed by atoms with Crippen LogP contribution >= 0.6 is 0 Å². The number of ether oxygens (including phenoxy) is 1. The van der Waals surface area contributed by atoms with E-state index in [2.05, 4.69) is 22.9 Å². The summed E-state index contributed by atoms with van der Waals surface area (Å²) in [5, 5.41) is 0. The topological polar surface area (TPSA) is 25.4 Å². The quantitative estimate of drug-likeness (QED) is 0.765. The Balaban J connectivity index is 1.66. The number of likely N-dealkylation sites (tertiary alicyclic amines) is 1. The Morgan fingerprint density at radius 3 is 2.77 bits per heavy atom. The fraction of sp³-hybridized carbons (Fsp3) is 0.421. The van der Waals surface area contributed by atoms with E-state index in [0.717, 1.165) is 5.75 Å². The smallest absolute Gasteiger partial charge is 0.219 e. The van der Waals surface area contributed by atoms with Gasteiger partial charge in [-0.1, -0.05) is 37.6 Å². The number of unbranched alkanes of at least 4 members (excludes halogenated alkanes) is 1. The van der Waals surface area contributed by atoms with Crippen LogP contribution in [0.5, 0.6) is 11.6 Å². The first-order chi connectivity index (χ1) is 10.9. The summed E-state index contributed by atoms with van der Waals surface area (Å²) in [5.74, 6) is 1.49. The van der Waals surface area contributed by atoms with Gasteiger partial charge in [-0.15, -0.1) is 0 Å². The average molecular weight is 296 g/mol. The van der Waals surface area contributed by atoms with Crippen molar-refractivity contribution in [1.82, 2.24) is 9.88 Å². The first kappa shape index (κ1) is 15.0. The van der Waals surface area contributed by atoms with Crippen molar-refractivity contribution in [3.8, 4) is 11.6 Å². The maximum Gasteiger partial charge on any atom is 0.219 e. The van der Waals surface area contributed by atoms with Crippen molar-refractivity contribution < 1.29 is 4.74 Å². The Hall–Kier alpha value is -1.87. The highest BCUT2D eigenvalue weighted by Crippen LogP contribution is 2.32. The summed E-state index contributed by atoms with van der Waals surface area (Å²) in [4.78, 5) is 7.08. The van der Waals surface area contributed by atoms with Crippen LogP contribution in [-0.4, -0.2) is 23.0 Å². The van der Waals surface area contributed by atoms with Crippen LogP contribution in [0.1, 0.15) is 44.2 Å². The molecule has 1 atom stereocenters. The Bertz CT molecular complexity index is 568. The molecule has 2 aromatic rings. The minimum Gasteiger partial charge on any atom is -0.439 e. The Labute approximate surface area is 132 Å². The lowest BCUT2D eigenvalue weighted by atomic mass is 10.1. The molecule has 0 radical (unpaired) electrons. The first-order valence-corrected chi connectivity index (χ1v) is 8.29. The molecule has 0 aliphatic carbocycles. The minimum absolute atomic E-state index is 0.532. The van der Waals surface area contributed by atoms with Crippen molar-refractivity contribution in [3.05, 3.63) is 54.2 Å². The molecule has 1 aromatic carbocycles. The standard InChI is InChI=1S/C19H24N2O/c1-2-3-13-21-14-7-10-18(21)16-11-12-19(20-15-16)22-17-8-5-4-6-9-17/h4-6,8-9,11-12,15,18H,2-3,7,10,13-14H2,1H3/t18-/m0/s1. The molecule has 3 heteroatoms. The van der Waals surface area contributed by atoms with E-state index in [1.165, 1.54) is 44.3 Å². The van der Waals surface area contributed by atoms with Gasteiger partial charge in [0.15, 0.2) is 0 Å². The molecule has 0 saturated carbocycles. The van der Waals surface area contributed by atoms with Crippen LogP contribution in [-0.2, 0) is 0 Å². The van der Waals surface area contributed by atoms with Gasteiger partial charge in [0.05, 0.1) is 0 Å². The molecule has 0 bridgehead atoms. The average Bonchev–Trinajstić information content (AvgIpc) is 3.03. The lowest BCUT2D eigenvalue weighted by Gasteiger charge is -2.24. The molecule has 0 spiro atoms. The molecule has 1 saturated heterocycles. The SMILES string of the molecule is CCCCN1CCC[C@H]1c1ccc(Oc2ccccc2)nc1. The van der Waals surface area contributed by atoms with Gasteiger partial charge in [-0.2, -0.15) is 0 Å². The lowest BCUT2D eigenvalue weighted by Crippen LogP contribution is -2.24. The van der Waals surface area contributed by atoms with Crippen LogP contribution in [0.3, 0.4) is 0 Å². The van der Waals surface area contributed by atoms with Gasteiger partial charge in [0.25, 0.3) is 0 Å². The zero-order valence-electron chi connectivity index (χ0n) is 13.2. The van der Waals surface area contributed by atoms with Gasteiger partial charge in [0.2, 0.25) is 5.88 Å². The Morgan fingerprint density at radius 1 is 1.18 bits per heavy atom. The third-order valence-electron chi connectivity index (χ3n) is 4.27. The fourth-order valence-corrected chi connectivity index (χ4v) is 3.09. The van der Waals surface area contributed by atoms with E-state index in [0.29, 0.717) is 11.9 Å². The molecule has 1 fully saturated rings. The van der Waals surface area contributed by atoms with Crippen LogP contribution in [0.2, 0.25) is 0 Å². The number of pyridine rings is 1. The molecule has 0 amide bonds. The maximum atomic E-state index is 5.76. The molecule has 0 unspecified atom stereocenters. The predicted octanol–water partition coefficient (Wildman–Crippen LogP) is 4.81. The second-order valence-corrected chi connectivity index (χ2v) is 5.89. The van der Waals surface area contributed by atoms with Crippen molar-refractivity contribution in [2.75, 3.05) is 13.1 Å². The summed E-state index contributed by atoms with van der Waals surface area (Å²) in [6, 6.07) is 14.5. The predicted molar refractivity (Wildman–Crippen MR) is 89.2 cm³/mol. The summed E-state index contributed by atoms with van der Waals surface area (Å²) < 4.78 is 5.76. The van der Waals surface area contributed by atoms with Gasteiger partial charge in [-0.3, -0.25) is 4.90 Å². The molecule has 1 aromatic heterocycles. The largest absolute Gasteiger partial charge is 0.439 e. The summed E-state index contributed by atoms with van der Waals surface area (Å²) in [5.41, 5.74) is 1.31. The van der Waals surface area contributed by atoms with E-state index in [1.54, 1.807) is 0 Å². The van der Waals surface area contributed by atoms with Crippen molar-refractivity contribution in [2.24, 2.45) is 0 Å². The second kappa shape index (κ2) is 7.41. The van der Waals surface area contributed by atoms with Crippen LogP contribution in [0.25, 0.3) is 0 Å². The highest BCUT2D eigenvalue weighted by atomic mass is 16.5. The molecule has 22 heavy (non-hydrogen) atoms. The molecule has 3 nitrogen and oxygen atoms in total. The van der Waals surface area contributed by atoms with Crippen molar-refractivity contribution in [2.45, 2.75) is 38.6 Å². The van der Waals surface area contributed by atoms with E-state index >= 15 is 0 Å². The third-order valence-corrected chi connectivity index (χ3v) is 4.27. The van der Waals surface area contributed by atoms with Gasteiger partial charge in [-0.25, -0.2) is 4.98 Å². The summed E-state index contributed by atoms with van der Waals surface area (Å²) in [6.45, 7) is 4.67. The first-order valence-electron chi connectivity index (χ1n) is 8.29. The van der Waals surface area contributed by atoms with E-state index in [9.17, 15) is 0 Å². The number of hydrogen-bond donors (Lipinski definition) is 0. The van der Waals surface area contributed by atoms with Crippen LogP contribution in [0.4, 0.5) is 0 Å². The second-order valence-electron chi connectivity index (χ2n) is 5.89. The van der Waals surface area contributed by atoms with Crippen molar-refractivity contribution in [3.63, 3.8) is 0 Å². The molecule has 1 aliphatic heterocycles. The van der Waals surface area contributed by atoms with E-state index < -0.39 is 0 Å². The zero-order chi connectivity index (χ0) is 15.2. The number of para-hydroxylation sites is 1. The molecular formula is C19H24N2O. The van der Waals surface area contributed by atoms with E-state index in [1.807, 2.05) is 42.6 Å². The molecular weight excluding hydrogens is 272 g/mol. The number of rotatable bonds is 6. The lowest BCUT2D eigenvalue weighted by molar-refractivity contribution is 0.252. The van der Waals surface area contributed by atoms with Crippen LogP contribution in [0, 0.1) is 0 Å². The van der Waals surface area contributed by atoms with Crippen LogP contribution < -0.4 is 4.74 Å². The monoisotopic (exact) mass is 296 g/mol. The van der Waals surface area contributed by atoms with Gasteiger partial charge in [0.1, 0.15) is 5.75 Å². The van der Waals surface area contributed by atoms with E-state index in [-0.39, 0.29) is 0 Å². The molecule has 3 rings (SSSR count). The molecule has 1 aliphatic rings. The number of benzene rings is 1. The summed E-state index contributed by atoms with van der Waals surface area (Å²) in [6.07, 6.45) is 7.04. The van der Waals surface area contributed by atoms with Gasteiger partial charge < -0.3 is 4.74 Å². The fourth-order valence-electron chi connectivity index (χ4n) is 3.09. The maximum absolute atomic E-state index is 5.76. The van der Waals surface area contributed by atoms with Gasteiger partial charge in [0, 0.05) is 18.3 Å². The summed E-state index contributed by atoms with van der Waals surface area (Å²) >= 11 is 0. The van der Waals surface area contributed by atoms with E-state index in [4.69, 9.17) is 4.74 Å². The minimum atomic E-state index is 0.532. The highest BCUT2D eigenvalue weighted by Gasteiger charge is 2.25. The van der Waals surface area contributed by atoms with Crippen molar-refractivity contribution in [1.29, 1.82) is 0 Å². The molecule has 0 N–H and O–H groups in total. The van der Waals surface area contributed by atoms with Gasteiger partial charge >= 0.3 is 0 Å². The van der Waals surface area contributed by atoms with Crippen LogP contribution in [0.15, 0.2) is 48.7 Å². The number of hydrogen-bond acceptors (Lipinski definition) is 3.